The van der Waals surface area contributed by atoms with Gasteiger partial charge in [0.25, 0.3) is 5.91 Å². The maximum atomic E-state index is 12.2. The molecule has 0 heterocycles. The van der Waals surface area contributed by atoms with E-state index in [9.17, 15) is 4.79 Å². The van der Waals surface area contributed by atoms with Gasteiger partial charge in [-0.3, -0.25) is 15.6 Å². The van der Waals surface area contributed by atoms with Crippen LogP contribution in [-0.4, -0.2) is 23.7 Å². The number of thiocarbonyl (C=S) groups is 1. The Morgan fingerprint density at radius 2 is 1.88 bits per heavy atom. The summed E-state index contributed by atoms with van der Waals surface area (Å²) < 4.78 is 5.67. The predicted molar refractivity (Wildman–Crippen MR) is 109 cm³/mol. The van der Waals surface area contributed by atoms with Gasteiger partial charge in [0.15, 0.2) is 5.11 Å². The zero-order valence-corrected chi connectivity index (χ0v) is 16.8. The molecule has 2 atom stereocenters. The van der Waals surface area contributed by atoms with Crippen LogP contribution in [0.2, 0.25) is 0 Å². The van der Waals surface area contributed by atoms with Gasteiger partial charge >= 0.3 is 0 Å². The third kappa shape index (κ3) is 6.83. The third-order valence-corrected chi connectivity index (χ3v) is 5.02. The molecule has 5 nitrogen and oxygen atoms in total. The van der Waals surface area contributed by atoms with E-state index < -0.39 is 0 Å². The molecule has 1 aliphatic rings. The lowest BCUT2D eigenvalue weighted by Gasteiger charge is -2.30. The Morgan fingerprint density at radius 3 is 2.54 bits per heavy atom. The van der Waals surface area contributed by atoms with Crippen molar-refractivity contribution in [2.45, 2.75) is 58.9 Å². The van der Waals surface area contributed by atoms with Crippen LogP contribution in [0.4, 0.5) is 0 Å². The highest BCUT2D eigenvalue weighted by atomic mass is 32.1. The van der Waals surface area contributed by atoms with E-state index in [1.807, 2.05) is 12.1 Å². The Hall–Kier alpha value is -1.82. The molecule has 1 aromatic carbocycles. The number of hydrogen-bond acceptors (Lipinski definition) is 3. The molecular formula is C20H31N3O2S. The topological polar surface area (TPSA) is 62.4 Å². The number of amides is 1. The van der Waals surface area contributed by atoms with Crippen molar-refractivity contribution in [3.05, 3.63) is 29.8 Å². The number of hydrazine groups is 1. The molecule has 3 N–H and O–H groups in total. The zero-order valence-electron chi connectivity index (χ0n) is 16.0. The Balaban J connectivity index is 1.73. The van der Waals surface area contributed by atoms with E-state index in [1.54, 1.807) is 12.1 Å². The Labute approximate surface area is 162 Å². The molecule has 0 bridgehead atoms. The summed E-state index contributed by atoms with van der Waals surface area (Å²) in [4.78, 5) is 12.2. The first-order valence-electron chi connectivity index (χ1n) is 9.55. The molecule has 1 saturated carbocycles. The minimum atomic E-state index is -0.223. The van der Waals surface area contributed by atoms with Crippen molar-refractivity contribution in [3.8, 4) is 5.75 Å². The van der Waals surface area contributed by atoms with Gasteiger partial charge < -0.3 is 10.1 Å². The minimum Gasteiger partial charge on any atom is -0.494 e. The van der Waals surface area contributed by atoms with Gasteiger partial charge in [-0.25, -0.2) is 0 Å². The normalized spacial score (nSPS) is 19.7. The fourth-order valence-corrected chi connectivity index (χ4v) is 3.24. The van der Waals surface area contributed by atoms with Gasteiger partial charge in [0, 0.05) is 11.6 Å². The second-order valence-corrected chi connectivity index (χ2v) is 7.88. The van der Waals surface area contributed by atoms with Gasteiger partial charge in [-0.1, -0.05) is 33.6 Å². The summed E-state index contributed by atoms with van der Waals surface area (Å²) in [6.07, 6.45) is 5.86. The van der Waals surface area contributed by atoms with Gasteiger partial charge in [0.2, 0.25) is 0 Å². The molecule has 0 aromatic heterocycles. The summed E-state index contributed by atoms with van der Waals surface area (Å²) in [5.74, 6) is 1.76. The number of nitrogens with one attached hydrogen (secondary N) is 3. The van der Waals surface area contributed by atoms with Gasteiger partial charge in [-0.05, 0) is 67.6 Å². The highest BCUT2D eigenvalue weighted by Crippen LogP contribution is 2.23. The van der Waals surface area contributed by atoms with Crippen molar-refractivity contribution >= 4 is 23.2 Å². The maximum absolute atomic E-state index is 12.2. The second kappa shape index (κ2) is 10.4. The van der Waals surface area contributed by atoms with E-state index in [1.165, 1.54) is 19.3 Å². The number of hydrogen-bond donors (Lipinski definition) is 3. The Morgan fingerprint density at radius 1 is 1.19 bits per heavy atom. The summed E-state index contributed by atoms with van der Waals surface area (Å²) >= 11 is 5.29. The SMILES string of the molecule is CC(C)CCOc1ccc(C(=O)NNC(=S)N[C@@H]2CCCC[C@@H]2C)cc1. The van der Waals surface area contributed by atoms with Gasteiger partial charge in [-0.15, -0.1) is 0 Å². The standard InChI is InChI=1S/C20H31N3O2S/c1-14(2)12-13-25-17-10-8-16(9-11-17)19(24)22-23-20(26)21-18-7-5-4-6-15(18)3/h8-11,14-15,18H,4-7,12-13H2,1-3H3,(H,22,24)(H2,21,23,26)/t15-,18+/m0/s1. The minimum absolute atomic E-state index is 0.223. The molecule has 0 spiro atoms. The van der Waals surface area contributed by atoms with E-state index in [0.717, 1.165) is 18.6 Å². The molecular weight excluding hydrogens is 346 g/mol. The van der Waals surface area contributed by atoms with Crippen molar-refractivity contribution in [1.29, 1.82) is 0 Å². The van der Waals surface area contributed by atoms with E-state index in [-0.39, 0.29) is 5.91 Å². The van der Waals surface area contributed by atoms with Crippen molar-refractivity contribution in [2.75, 3.05) is 6.61 Å². The van der Waals surface area contributed by atoms with Crippen molar-refractivity contribution < 1.29 is 9.53 Å². The lowest BCUT2D eigenvalue weighted by atomic mass is 9.86. The van der Waals surface area contributed by atoms with Gasteiger partial charge in [0.05, 0.1) is 6.61 Å². The highest BCUT2D eigenvalue weighted by Gasteiger charge is 2.21. The van der Waals surface area contributed by atoms with Crippen LogP contribution >= 0.6 is 12.2 Å². The van der Waals surface area contributed by atoms with Crippen LogP contribution in [0, 0.1) is 11.8 Å². The second-order valence-electron chi connectivity index (χ2n) is 7.48. The lowest BCUT2D eigenvalue weighted by Crippen LogP contribution is -2.51. The summed E-state index contributed by atoms with van der Waals surface area (Å²) in [6, 6.07) is 7.51. The number of rotatable bonds is 6. The smallest absolute Gasteiger partial charge is 0.269 e. The molecule has 144 valence electrons. The number of benzene rings is 1. The lowest BCUT2D eigenvalue weighted by molar-refractivity contribution is 0.0943. The van der Waals surface area contributed by atoms with Crippen molar-refractivity contribution in [2.24, 2.45) is 11.8 Å². The molecule has 6 heteroatoms. The zero-order chi connectivity index (χ0) is 18.9. The molecule has 26 heavy (non-hydrogen) atoms. The number of ether oxygens (including phenoxy) is 1. The summed E-state index contributed by atoms with van der Waals surface area (Å²) in [6.45, 7) is 7.25. The van der Waals surface area contributed by atoms with Crippen LogP contribution in [0.5, 0.6) is 5.75 Å². The largest absolute Gasteiger partial charge is 0.494 e. The first-order chi connectivity index (χ1) is 12.5. The first-order valence-corrected chi connectivity index (χ1v) is 9.96. The van der Waals surface area contributed by atoms with Gasteiger partial charge in [0.1, 0.15) is 5.75 Å². The fourth-order valence-electron chi connectivity index (χ4n) is 3.04. The molecule has 0 unspecified atom stereocenters. The van der Waals surface area contributed by atoms with E-state index in [0.29, 0.717) is 35.2 Å². The van der Waals surface area contributed by atoms with Crippen molar-refractivity contribution in [1.82, 2.24) is 16.2 Å². The monoisotopic (exact) mass is 377 g/mol. The molecule has 0 aliphatic heterocycles. The molecule has 1 aromatic rings. The average Bonchev–Trinajstić information content (AvgIpc) is 2.62. The Bertz CT molecular complexity index is 589. The molecule has 0 radical (unpaired) electrons. The molecule has 1 fully saturated rings. The van der Waals surface area contributed by atoms with Gasteiger partial charge in [-0.2, -0.15) is 0 Å². The number of carbonyl (C=O) groups excluding carboxylic acids is 1. The summed E-state index contributed by atoms with van der Waals surface area (Å²) in [5, 5.41) is 3.77. The van der Waals surface area contributed by atoms with E-state index in [4.69, 9.17) is 17.0 Å². The Kier molecular flexibility index (Phi) is 8.16. The molecule has 2 rings (SSSR count). The van der Waals surface area contributed by atoms with E-state index in [2.05, 4.69) is 36.9 Å². The summed E-state index contributed by atoms with van der Waals surface area (Å²) in [5.41, 5.74) is 6.00. The molecule has 0 saturated heterocycles. The average molecular weight is 378 g/mol. The van der Waals surface area contributed by atoms with Crippen LogP contribution in [-0.2, 0) is 0 Å². The van der Waals surface area contributed by atoms with Crippen LogP contribution in [0.3, 0.4) is 0 Å². The molecule has 1 aliphatic carbocycles. The number of carbonyl (C=O) groups is 1. The third-order valence-electron chi connectivity index (χ3n) is 4.80. The van der Waals surface area contributed by atoms with Crippen LogP contribution < -0.4 is 20.9 Å². The predicted octanol–water partition coefficient (Wildman–Crippen LogP) is 3.80. The fraction of sp³-hybridized carbons (Fsp3) is 0.600. The quantitative estimate of drug-likeness (QED) is 0.520. The van der Waals surface area contributed by atoms with Crippen LogP contribution in [0.15, 0.2) is 24.3 Å². The summed E-state index contributed by atoms with van der Waals surface area (Å²) in [7, 11) is 0. The van der Waals surface area contributed by atoms with Crippen LogP contribution in [0.1, 0.15) is 63.2 Å². The highest BCUT2D eigenvalue weighted by molar-refractivity contribution is 7.80. The van der Waals surface area contributed by atoms with Crippen molar-refractivity contribution in [3.63, 3.8) is 0 Å². The van der Waals surface area contributed by atoms with Crippen LogP contribution in [0.25, 0.3) is 0 Å². The first kappa shape index (κ1) is 20.5. The molecule has 1 amide bonds. The van der Waals surface area contributed by atoms with E-state index >= 15 is 0 Å². The maximum Gasteiger partial charge on any atom is 0.269 e.